The Hall–Kier alpha value is -1.05. The zero-order valence-corrected chi connectivity index (χ0v) is 6.84. The van der Waals surface area contributed by atoms with Gasteiger partial charge in [-0.3, -0.25) is 4.79 Å². The molecule has 5 heteroatoms. The first kappa shape index (κ1) is 9.04. The maximum atomic E-state index is 11.1. The Morgan fingerprint density at radius 3 is 2.75 bits per heavy atom. The minimum absolute atomic E-state index is 0.235. The van der Waals surface area contributed by atoms with Gasteiger partial charge >= 0.3 is 0 Å². The molecule has 0 aliphatic carbocycles. The second-order valence-electron chi connectivity index (χ2n) is 2.25. The molecule has 0 bridgehead atoms. The van der Waals surface area contributed by atoms with Crippen LogP contribution in [0.15, 0.2) is 11.3 Å². The number of halogens is 1. The highest BCUT2D eigenvalue weighted by Gasteiger charge is 2.34. The van der Waals surface area contributed by atoms with Crippen LogP contribution in [0.5, 0.6) is 0 Å². The van der Waals surface area contributed by atoms with Gasteiger partial charge in [-0.25, -0.2) is 0 Å². The number of alkyl halides is 1. The highest BCUT2D eigenvalue weighted by Crippen LogP contribution is 2.16. The minimum Gasteiger partial charge on any atom is -0.510 e. The number of epoxide rings is 1. The third kappa shape index (κ3) is 1.76. The number of aliphatic hydroxyl groups is 1. The molecule has 1 rings (SSSR count). The lowest BCUT2D eigenvalue weighted by Gasteiger charge is -1.96. The Balaban J connectivity index is 2.81. The molecule has 0 aromatic carbocycles. The molecule has 1 aliphatic rings. The first-order valence-electron chi connectivity index (χ1n) is 3.24. The number of ketones is 1. The summed E-state index contributed by atoms with van der Waals surface area (Å²) < 4.78 is 4.66. The molecule has 4 nitrogen and oxygen atoms in total. The summed E-state index contributed by atoms with van der Waals surface area (Å²) in [5, 5.41) is 17.5. The molecular weight excluding hydrogens is 182 g/mol. The largest absolute Gasteiger partial charge is 0.510 e. The lowest BCUT2D eigenvalue weighted by Crippen LogP contribution is -2.11. The highest BCUT2D eigenvalue weighted by molar-refractivity contribution is 6.20. The number of carbonyl (C=O) groups excluding carboxylic acids is 1. The monoisotopic (exact) mass is 187 g/mol. The Morgan fingerprint density at radius 1 is 1.83 bits per heavy atom. The van der Waals surface area contributed by atoms with Crippen molar-refractivity contribution in [3.05, 3.63) is 11.3 Å². The van der Waals surface area contributed by atoms with E-state index in [-0.39, 0.29) is 17.2 Å². The van der Waals surface area contributed by atoms with Crippen LogP contribution >= 0.6 is 11.6 Å². The van der Waals surface area contributed by atoms with E-state index in [4.69, 9.17) is 22.0 Å². The molecule has 1 heterocycles. The van der Waals surface area contributed by atoms with Crippen LogP contribution in [0.3, 0.4) is 0 Å². The number of ether oxygens (including phenoxy) is 1. The van der Waals surface area contributed by atoms with Gasteiger partial charge in [0.1, 0.15) is 23.5 Å². The van der Waals surface area contributed by atoms with Crippen molar-refractivity contribution in [2.75, 3.05) is 12.5 Å². The number of Topliss-reactive ketones (excluding diaryl/α,β-unsaturated/α-hetero) is 1. The van der Waals surface area contributed by atoms with Crippen molar-refractivity contribution in [2.45, 2.75) is 6.10 Å². The van der Waals surface area contributed by atoms with E-state index in [1.807, 2.05) is 0 Å². The van der Waals surface area contributed by atoms with Crippen molar-refractivity contribution in [2.24, 2.45) is 0 Å². The summed E-state index contributed by atoms with van der Waals surface area (Å²) in [5.74, 6) is -1.11. The summed E-state index contributed by atoms with van der Waals surface area (Å²) in [6, 6.07) is 1.59. The van der Waals surface area contributed by atoms with Gasteiger partial charge in [-0.2, -0.15) is 5.26 Å². The predicted molar refractivity (Wildman–Crippen MR) is 40.7 cm³/mol. The SMILES string of the molecule is N#C/C(C(=O)C1CO1)=C(/O)CCl. The second kappa shape index (κ2) is 3.57. The average molecular weight is 188 g/mol. The first-order valence-corrected chi connectivity index (χ1v) is 3.78. The van der Waals surface area contributed by atoms with E-state index in [0.29, 0.717) is 6.61 Å². The summed E-state index contributed by atoms with van der Waals surface area (Å²) in [7, 11) is 0. The molecule has 1 atom stereocenters. The normalized spacial score (nSPS) is 22.5. The molecule has 1 N–H and O–H groups in total. The van der Waals surface area contributed by atoms with Crippen LogP contribution in [-0.2, 0) is 9.53 Å². The summed E-state index contributed by atoms with van der Waals surface area (Å²) in [4.78, 5) is 11.1. The standard InChI is InChI=1S/C7H6ClNO3/c8-1-5(10)4(2-9)7(11)6-3-12-6/h6,10H,1,3H2/b5-4-. The topological polar surface area (TPSA) is 73.6 Å². The van der Waals surface area contributed by atoms with Gasteiger partial charge in [0.2, 0.25) is 5.78 Å². The fraction of sp³-hybridized carbons (Fsp3) is 0.429. The lowest BCUT2D eigenvalue weighted by molar-refractivity contribution is -0.116. The van der Waals surface area contributed by atoms with Crippen LogP contribution in [0.4, 0.5) is 0 Å². The fourth-order valence-corrected chi connectivity index (χ4v) is 0.823. The van der Waals surface area contributed by atoms with Gasteiger partial charge in [-0.05, 0) is 0 Å². The molecule has 0 amide bonds. The molecule has 0 aromatic heterocycles. The van der Waals surface area contributed by atoms with Crippen molar-refractivity contribution in [1.29, 1.82) is 5.26 Å². The molecule has 1 fully saturated rings. The third-order valence-corrected chi connectivity index (χ3v) is 1.65. The third-order valence-electron chi connectivity index (χ3n) is 1.40. The van der Waals surface area contributed by atoms with E-state index in [9.17, 15) is 4.79 Å². The van der Waals surface area contributed by atoms with Crippen molar-refractivity contribution in [3.63, 3.8) is 0 Å². The van der Waals surface area contributed by atoms with Gasteiger partial charge in [-0.15, -0.1) is 11.6 Å². The Labute approximate surface area is 74.0 Å². The van der Waals surface area contributed by atoms with Crippen molar-refractivity contribution in [3.8, 4) is 6.07 Å². The van der Waals surface area contributed by atoms with E-state index >= 15 is 0 Å². The molecule has 0 aromatic rings. The summed E-state index contributed by atoms with van der Waals surface area (Å²) in [6.07, 6.45) is -0.551. The maximum Gasteiger partial charge on any atom is 0.207 e. The van der Waals surface area contributed by atoms with E-state index in [2.05, 4.69) is 4.74 Å². The Bertz CT molecular complexity index is 275. The van der Waals surface area contributed by atoms with Crippen molar-refractivity contribution in [1.82, 2.24) is 0 Å². The number of nitrogens with zero attached hydrogens (tertiary/aromatic N) is 1. The summed E-state index contributed by atoms with van der Waals surface area (Å²) in [5.41, 5.74) is -0.299. The van der Waals surface area contributed by atoms with Crippen molar-refractivity contribution >= 4 is 17.4 Å². The van der Waals surface area contributed by atoms with Gasteiger partial charge < -0.3 is 9.84 Å². The smallest absolute Gasteiger partial charge is 0.207 e. The predicted octanol–water partition coefficient (Wildman–Crippen LogP) is 0.529. The van der Waals surface area contributed by atoms with E-state index in [1.165, 1.54) is 0 Å². The number of allylic oxidation sites excluding steroid dienone is 1. The van der Waals surface area contributed by atoms with Crippen LogP contribution < -0.4 is 0 Å². The molecular formula is C7H6ClNO3. The number of hydrogen-bond donors (Lipinski definition) is 1. The van der Waals surface area contributed by atoms with Gasteiger partial charge in [-0.1, -0.05) is 0 Å². The Morgan fingerprint density at radius 2 is 2.42 bits per heavy atom. The molecule has 1 aliphatic heterocycles. The highest BCUT2D eigenvalue weighted by atomic mass is 35.5. The molecule has 12 heavy (non-hydrogen) atoms. The fourth-order valence-electron chi connectivity index (χ4n) is 0.689. The summed E-state index contributed by atoms with van der Waals surface area (Å²) in [6.45, 7) is 0.319. The molecule has 0 radical (unpaired) electrons. The van der Waals surface area contributed by atoms with Crippen LogP contribution in [0.1, 0.15) is 0 Å². The minimum atomic E-state index is -0.551. The van der Waals surface area contributed by atoms with Crippen LogP contribution in [0.25, 0.3) is 0 Å². The summed E-state index contributed by atoms with van der Waals surface area (Å²) >= 11 is 5.24. The van der Waals surface area contributed by atoms with Crippen LogP contribution in [0.2, 0.25) is 0 Å². The van der Waals surface area contributed by atoms with Gasteiger partial charge in [0.25, 0.3) is 0 Å². The van der Waals surface area contributed by atoms with Crippen molar-refractivity contribution < 1.29 is 14.6 Å². The second-order valence-corrected chi connectivity index (χ2v) is 2.52. The van der Waals surface area contributed by atoms with Gasteiger partial charge in [0.15, 0.2) is 0 Å². The first-order chi connectivity index (χ1) is 5.70. The molecule has 1 unspecified atom stereocenters. The number of rotatable bonds is 3. The van der Waals surface area contributed by atoms with E-state index in [0.717, 1.165) is 0 Å². The zero-order valence-electron chi connectivity index (χ0n) is 6.08. The van der Waals surface area contributed by atoms with E-state index < -0.39 is 11.9 Å². The Kier molecular flexibility index (Phi) is 2.69. The van der Waals surface area contributed by atoms with E-state index in [1.54, 1.807) is 6.07 Å². The number of aliphatic hydroxyl groups excluding tert-OH is 1. The molecule has 64 valence electrons. The molecule has 1 saturated heterocycles. The van der Waals surface area contributed by atoms with Gasteiger partial charge in [0.05, 0.1) is 12.5 Å². The van der Waals surface area contributed by atoms with Gasteiger partial charge in [0, 0.05) is 0 Å². The number of nitriles is 1. The van der Waals surface area contributed by atoms with Crippen LogP contribution in [0, 0.1) is 11.3 Å². The molecule has 0 saturated carbocycles. The number of hydrogen-bond acceptors (Lipinski definition) is 4. The quantitative estimate of drug-likeness (QED) is 0.230. The lowest BCUT2D eigenvalue weighted by atomic mass is 10.1. The molecule has 0 spiro atoms. The maximum absolute atomic E-state index is 11.1. The zero-order chi connectivity index (χ0) is 9.14. The average Bonchev–Trinajstić information content (AvgIpc) is 2.87. The van der Waals surface area contributed by atoms with Crippen LogP contribution in [-0.4, -0.2) is 29.5 Å². The number of carbonyl (C=O) groups is 1.